The molecule has 0 spiro atoms. The summed E-state index contributed by atoms with van der Waals surface area (Å²) in [7, 11) is 0. The molecule has 1 atom stereocenters. The van der Waals surface area contributed by atoms with Gasteiger partial charge in [-0.3, -0.25) is 4.90 Å². The summed E-state index contributed by atoms with van der Waals surface area (Å²) in [5.41, 5.74) is 1.31. The van der Waals surface area contributed by atoms with E-state index in [0.29, 0.717) is 19.1 Å². The van der Waals surface area contributed by atoms with Crippen molar-refractivity contribution < 1.29 is 9.84 Å². The van der Waals surface area contributed by atoms with Crippen molar-refractivity contribution in [2.24, 2.45) is 5.92 Å². The first-order chi connectivity index (χ1) is 11.1. The van der Waals surface area contributed by atoms with Crippen LogP contribution in [0.4, 0.5) is 0 Å². The molecule has 0 aliphatic carbocycles. The van der Waals surface area contributed by atoms with E-state index in [0.717, 1.165) is 25.3 Å². The van der Waals surface area contributed by atoms with Gasteiger partial charge in [0.2, 0.25) is 0 Å². The number of nitrogens with zero attached hydrogens (tertiary/aromatic N) is 1. The van der Waals surface area contributed by atoms with Crippen molar-refractivity contribution in [2.75, 3.05) is 19.7 Å². The van der Waals surface area contributed by atoms with E-state index >= 15 is 0 Å². The first-order valence-corrected chi connectivity index (χ1v) is 9.17. The lowest BCUT2D eigenvalue weighted by Gasteiger charge is -2.25. The maximum Gasteiger partial charge on any atom is 0.119 e. The number of ether oxygens (including phenoxy) is 1. The first kappa shape index (κ1) is 18.0. The van der Waals surface area contributed by atoms with Crippen LogP contribution in [0.25, 0.3) is 0 Å². The van der Waals surface area contributed by atoms with Crippen LogP contribution >= 0.6 is 11.3 Å². The quantitative estimate of drug-likeness (QED) is 0.712. The van der Waals surface area contributed by atoms with Crippen molar-refractivity contribution >= 4 is 11.3 Å². The third-order valence-electron chi connectivity index (χ3n) is 3.66. The van der Waals surface area contributed by atoms with Gasteiger partial charge in [-0.25, -0.2) is 0 Å². The minimum atomic E-state index is -0.485. The van der Waals surface area contributed by atoms with Crippen molar-refractivity contribution in [3.8, 4) is 5.75 Å². The Balaban J connectivity index is 1.82. The molecule has 2 rings (SSSR count). The Bertz CT molecular complexity index is 528. The molecule has 1 aromatic heterocycles. The van der Waals surface area contributed by atoms with Gasteiger partial charge < -0.3 is 9.84 Å². The highest BCUT2D eigenvalue weighted by molar-refractivity contribution is 7.07. The van der Waals surface area contributed by atoms with Crippen LogP contribution in [0.5, 0.6) is 5.75 Å². The predicted octanol–water partition coefficient (Wildman–Crippen LogP) is 4.04. The maximum atomic E-state index is 10.3. The van der Waals surface area contributed by atoms with E-state index in [1.54, 1.807) is 11.3 Å². The largest absolute Gasteiger partial charge is 0.491 e. The molecule has 1 heterocycles. The molecule has 2 aromatic rings. The van der Waals surface area contributed by atoms with Gasteiger partial charge in [-0.05, 0) is 53.4 Å². The van der Waals surface area contributed by atoms with E-state index in [4.69, 9.17) is 4.74 Å². The Morgan fingerprint density at radius 2 is 1.96 bits per heavy atom. The van der Waals surface area contributed by atoms with Crippen LogP contribution in [-0.2, 0) is 6.54 Å². The van der Waals surface area contributed by atoms with Gasteiger partial charge in [0.05, 0.1) is 0 Å². The molecule has 3 nitrogen and oxygen atoms in total. The summed E-state index contributed by atoms with van der Waals surface area (Å²) in [5.74, 6) is 1.47. The van der Waals surface area contributed by atoms with Crippen LogP contribution in [0.3, 0.4) is 0 Å². The number of rotatable bonds is 10. The zero-order chi connectivity index (χ0) is 16.5. The van der Waals surface area contributed by atoms with Crippen LogP contribution in [0.2, 0.25) is 0 Å². The lowest BCUT2D eigenvalue weighted by atomic mass is 10.1. The maximum absolute atomic E-state index is 10.3. The molecule has 23 heavy (non-hydrogen) atoms. The highest BCUT2D eigenvalue weighted by Gasteiger charge is 2.14. The summed E-state index contributed by atoms with van der Waals surface area (Å²) in [5, 5.41) is 14.6. The molecule has 1 N–H and O–H groups in total. The average Bonchev–Trinajstić information content (AvgIpc) is 3.04. The van der Waals surface area contributed by atoms with Crippen LogP contribution in [0.1, 0.15) is 25.8 Å². The fourth-order valence-corrected chi connectivity index (χ4v) is 3.04. The molecular formula is C19H27NO2S. The number of hydrogen-bond acceptors (Lipinski definition) is 4. The summed E-state index contributed by atoms with van der Waals surface area (Å²) in [6, 6.07) is 11.8. The topological polar surface area (TPSA) is 32.7 Å². The summed E-state index contributed by atoms with van der Waals surface area (Å²) in [6.07, 6.45) is 0.650. The summed E-state index contributed by atoms with van der Waals surface area (Å²) in [6.45, 7) is 7.31. The Labute approximate surface area is 143 Å². The number of thiophene rings is 1. The number of benzene rings is 1. The fraction of sp³-hybridized carbons (Fsp3) is 0.474. The number of aliphatic hydroxyl groups is 1. The Morgan fingerprint density at radius 3 is 2.61 bits per heavy atom. The van der Waals surface area contributed by atoms with Gasteiger partial charge in [-0.15, -0.1) is 0 Å². The van der Waals surface area contributed by atoms with E-state index in [9.17, 15) is 5.11 Å². The van der Waals surface area contributed by atoms with E-state index in [2.05, 4.69) is 35.6 Å². The molecule has 0 bridgehead atoms. The van der Waals surface area contributed by atoms with E-state index in [-0.39, 0.29) is 0 Å². The zero-order valence-electron chi connectivity index (χ0n) is 14.0. The SMILES string of the molecule is CC(C)CCN(Cc1ccsc1)C[C@H](O)COc1ccccc1. The standard InChI is InChI=1S/C19H27NO2S/c1-16(2)8-10-20(12-17-9-11-23-15-17)13-18(21)14-22-19-6-4-3-5-7-19/h3-7,9,11,15-16,18,21H,8,10,12-14H2,1-2H3/t18-/m0/s1. The van der Waals surface area contributed by atoms with Gasteiger partial charge >= 0.3 is 0 Å². The summed E-state index contributed by atoms with van der Waals surface area (Å²) < 4.78 is 5.65. The summed E-state index contributed by atoms with van der Waals surface area (Å²) in [4.78, 5) is 2.32. The molecule has 0 saturated carbocycles. The van der Waals surface area contributed by atoms with Crippen LogP contribution in [-0.4, -0.2) is 35.8 Å². The molecule has 1 aromatic carbocycles. The van der Waals surface area contributed by atoms with Gasteiger partial charge in [0.15, 0.2) is 0 Å². The van der Waals surface area contributed by atoms with Crippen LogP contribution in [0, 0.1) is 5.92 Å². The van der Waals surface area contributed by atoms with E-state index in [1.165, 1.54) is 5.56 Å². The van der Waals surface area contributed by atoms with Crippen LogP contribution in [0.15, 0.2) is 47.2 Å². The fourth-order valence-electron chi connectivity index (χ4n) is 2.38. The monoisotopic (exact) mass is 333 g/mol. The first-order valence-electron chi connectivity index (χ1n) is 8.23. The van der Waals surface area contributed by atoms with Crippen molar-refractivity contribution in [3.05, 3.63) is 52.7 Å². The Kier molecular flexibility index (Phi) is 7.59. The van der Waals surface area contributed by atoms with Crippen molar-refractivity contribution in [1.82, 2.24) is 4.90 Å². The highest BCUT2D eigenvalue weighted by Crippen LogP contribution is 2.13. The number of hydrogen-bond donors (Lipinski definition) is 1. The van der Waals surface area contributed by atoms with Crippen LogP contribution < -0.4 is 4.74 Å². The lowest BCUT2D eigenvalue weighted by Crippen LogP contribution is -2.36. The second-order valence-electron chi connectivity index (χ2n) is 6.33. The van der Waals surface area contributed by atoms with Gasteiger partial charge in [0.1, 0.15) is 18.5 Å². The molecule has 0 fully saturated rings. The summed E-state index contributed by atoms with van der Waals surface area (Å²) >= 11 is 1.72. The Morgan fingerprint density at radius 1 is 1.17 bits per heavy atom. The number of para-hydroxylation sites is 1. The molecule has 0 amide bonds. The number of aliphatic hydroxyl groups excluding tert-OH is 1. The van der Waals surface area contributed by atoms with Crippen molar-refractivity contribution in [3.63, 3.8) is 0 Å². The van der Waals surface area contributed by atoms with Crippen molar-refractivity contribution in [1.29, 1.82) is 0 Å². The predicted molar refractivity (Wildman–Crippen MR) is 97.0 cm³/mol. The minimum Gasteiger partial charge on any atom is -0.491 e. The molecule has 0 aliphatic rings. The van der Waals surface area contributed by atoms with Gasteiger partial charge in [0, 0.05) is 13.1 Å². The Hall–Kier alpha value is -1.36. The molecule has 0 aliphatic heterocycles. The third kappa shape index (κ3) is 7.16. The molecule has 0 radical (unpaired) electrons. The molecule has 0 saturated heterocycles. The smallest absolute Gasteiger partial charge is 0.119 e. The van der Waals surface area contributed by atoms with E-state index in [1.807, 2.05) is 30.3 Å². The highest BCUT2D eigenvalue weighted by atomic mass is 32.1. The van der Waals surface area contributed by atoms with Gasteiger partial charge in [-0.1, -0.05) is 32.0 Å². The zero-order valence-corrected chi connectivity index (χ0v) is 14.8. The minimum absolute atomic E-state index is 0.325. The van der Waals surface area contributed by atoms with Crippen molar-refractivity contribution in [2.45, 2.75) is 32.9 Å². The second kappa shape index (κ2) is 9.71. The van der Waals surface area contributed by atoms with Gasteiger partial charge in [0.25, 0.3) is 0 Å². The normalized spacial score (nSPS) is 12.7. The van der Waals surface area contributed by atoms with E-state index < -0.39 is 6.10 Å². The molecule has 126 valence electrons. The average molecular weight is 333 g/mol. The molecule has 4 heteroatoms. The second-order valence-corrected chi connectivity index (χ2v) is 7.11. The van der Waals surface area contributed by atoms with Gasteiger partial charge in [-0.2, -0.15) is 11.3 Å². The third-order valence-corrected chi connectivity index (χ3v) is 4.40. The molecular weight excluding hydrogens is 306 g/mol. The molecule has 0 unspecified atom stereocenters. The lowest BCUT2D eigenvalue weighted by molar-refractivity contribution is 0.0640.